The molecule has 1 aliphatic rings. The first kappa shape index (κ1) is 18.2. The second-order valence-electron chi connectivity index (χ2n) is 7.15. The molecule has 7 heteroatoms. The number of hydrogen-bond donors (Lipinski definition) is 4. The molecule has 1 amide bonds. The molecule has 4 N–H and O–H groups in total. The lowest BCUT2D eigenvalue weighted by atomic mass is 9.96. The maximum Gasteiger partial charge on any atom is 0.256 e. The van der Waals surface area contributed by atoms with E-state index >= 15 is 0 Å². The Hall–Kier alpha value is -2.22. The van der Waals surface area contributed by atoms with Gasteiger partial charge in [-0.05, 0) is 37.1 Å². The SMILES string of the molecule is CC(O)(CO)c1ccc(C(=O)Nc2cc3[nH]ccc3c(C3CC3Br)n2)cc1. The summed E-state index contributed by atoms with van der Waals surface area (Å²) in [7, 11) is 0. The standard InChI is InChI=1S/C20H20BrN3O3/c1-20(27,10-25)12-4-2-11(3-5-12)19(26)24-17-9-16-13(6-7-22-16)18(23-17)14-8-15(14)21/h2-7,9,14-15,22,25,27H,8,10H2,1H3,(H,23,24,26). The van der Waals surface area contributed by atoms with Gasteiger partial charge >= 0.3 is 0 Å². The molecule has 0 radical (unpaired) electrons. The van der Waals surface area contributed by atoms with Gasteiger partial charge in [-0.3, -0.25) is 4.79 Å². The molecule has 2 aromatic heterocycles. The fourth-order valence-electron chi connectivity index (χ4n) is 3.14. The minimum absolute atomic E-state index is 0.277. The molecule has 3 atom stereocenters. The summed E-state index contributed by atoms with van der Waals surface area (Å²) in [5.74, 6) is 0.587. The maximum atomic E-state index is 12.6. The number of amides is 1. The van der Waals surface area contributed by atoms with Crippen molar-refractivity contribution in [2.24, 2.45) is 0 Å². The topological polar surface area (TPSA) is 98.2 Å². The summed E-state index contributed by atoms with van der Waals surface area (Å²) in [5, 5.41) is 23.3. The van der Waals surface area contributed by atoms with Crippen LogP contribution in [-0.2, 0) is 5.60 Å². The number of aliphatic hydroxyl groups is 2. The van der Waals surface area contributed by atoms with Crippen LogP contribution in [0.4, 0.5) is 5.82 Å². The molecule has 0 aliphatic heterocycles. The van der Waals surface area contributed by atoms with E-state index in [0.717, 1.165) is 23.0 Å². The van der Waals surface area contributed by atoms with Crippen LogP contribution in [0.1, 0.15) is 40.9 Å². The van der Waals surface area contributed by atoms with Crippen LogP contribution in [0.2, 0.25) is 0 Å². The second kappa shape index (κ2) is 6.74. The molecule has 27 heavy (non-hydrogen) atoms. The fourth-order valence-corrected chi connectivity index (χ4v) is 3.79. The Morgan fingerprint density at radius 2 is 2.07 bits per heavy atom. The number of aliphatic hydroxyl groups excluding tert-OH is 1. The van der Waals surface area contributed by atoms with E-state index in [0.29, 0.717) is 27.7 Å². The number of carbonyl (C=O) groups is 1. The number of halogens is 1. The highest BCUT2D eigenvalue weighted by molar-refractivity contribution is 9.09. The third kappa shape index (κ3) is 3.50. The Bertz CT molecular complexity index is 997. The third-order valence-electron chi connectivity index (χ3n) is 4.96. The summed E-state index contributed by atoms with van der Waals surface area (Å²) in [4.78, 5) is 20.9. The van der Waals surface area contributed by atoms with E-state index in [1.54, 1.807) is 24.3 Å². The number of aromatic amines is 1. The highest BCUT2D eigenvalue weighted by Crippen LogP contribution is 2.48. The zero-order valence-electron chi connectivity index (χ0n) is 14.7. The number of nitrogens with one attached hydrogen (secondary N) is 2. The van der Waals surface area contributed by atoms with Crippen molar-refractivity contribution in [3.63, 3.8) is 0 Å². The lowest BCUT2D eigenvalue weighted by molar-refractivity contribution is -0.00229. The van der Waals surface area contributed by atoms with E-state index in [2.05, 4.69) is 31.2 Å². The number of H-pyrrole nitrogens is 1. The molecule has 1 aromatic carbocycles. The number of fused-ring (bicyclic) bond motifs is 1. The van der Waals surface area contributed by atoms with E-state index in [1.807, 2.05) is 18.3 Å². The van der Waals surface area contributed by atoms with Crippen molar-refractivity contribution >= 4 is 38.6 Å². The predicted molar refractivity (Wildman–Crippen MR) is 107 cm³/mol. The number of rotatable bonds is 5. The molecule has 0 saturated heterocycles. The predicted octanol–water partition coefficient (Wildman–Crippen LogP) is 3.27. The number of hydrogen-bond acceptors (Lipinski definition) is 4. The highest BCUT2D eigenvalue weighted by Gasteiger charge is 2.38. The van der Waals surface area contributed by atoms with E-state index in [1.165, 1.54) is 6.92 Å². The molecule has 6 nitrogen and oxygen atoms in total. The van der Waals surface area contributed by atoms with Crippen molar-refractivity contribution in [1.82, 2.24) is 9.97 Å². The first-order valence-electron chi connectivity index (χ1n) is 8.76. The normalized spacial score (nSPS) is 21.0. The largest absolute Gasteiger partial charge is 0.393 e. The van der Waals surface area contributed by atoms with Gasteiger partial charge < -0.3 is 20.5 Å². The van der Waals surface area contributed by atoms with Gasteiger partial charge in [-0.2, -0.15) is 0 Å². The number of aromatic nitrogens is 2. The van der Waals surface area contributed by atoms with Gasteiger partial charge in [-0.15, -0.1) is 0 Å². The average molecular weight is 430 g/mol. The Labute approximate surface area is 164 Å². The van der Waals surface area contributed by atoms with Gasteiger partial charge in [0.1, 0.15) is 11.4 Å². The smallest absolute Gasteiger partial charge is 0.256 e. The maximum absolute atomic E-state index is 12.6. The zero-order valence-corrected chi connectivity index (χ0v) is 16.3. The number of anilines is 1. The van der Waals surface area contributed by atoms with Gasteiger partial charge in [0.2, 0.25) is 0 Å². The van der Waals surface area contributed by atoms with E-state index < -0.39 is 12.2 Å². The molecule has 0 spiro atoms. The molecule has 3 aromatic rings. The Morgan fingerprint density at radius 3 is 2.70 bits per heavy atom. The van der Waals surface area contributed by atoms with Gasteiger partial charge in [0, 0.05) is 34.0 Å². The van der Waals surface area contributed by atoms with Gasteiger partial charge in [0.15, 0.2) is 0 Å². The van der Waals surface area contributed by atoms with Crippen LogP contribution >= 0.6 is 15.9 Å². The summed E-state index contributed by atoms with van der Waals surface area (Å²) in [5.41, 5.74) is 1.59. The average Bonchev–Trinajstić information content (AvgIpc) is 3.20. The molecule has 4 rings (SSSR count). The monoisotopic (exact) mass is 429 g/mol. The molecule has 2 heterocycles. The quantitative estimate of drug-likeness (QED) is 0.467. The Balaban J connectivity index is 1.58. The van der Waals surface area contributed by atoms with Crippen LogP contribution < -0.4 is 5.32 Å². The van der Waals surface area contributed by atoms with Gasteiger partial charge in [-0.25, -0.2) is 4.98 Å². The van der Waals surface area contributed by atoms with E-state index in [9.17, 15) is 15.0 Å². The fraction of sp³-hybridized carbons (Fsp3) is 0.300. The number of pyridine rings is 1. The minimum Gasteiger partial charge on any atom is -0.393 e. The van der Waals surface area contributed by atoms with Crippen molar-refractivity contribution < 1.29 is 15.0 Å². The van der Waals surface area contributed by atoms with Gasteiger partial charge in [-0.1, -0.05) is 28.1 Å². The summed E-state index contributed by atoms with van der Waals surface area (Å²) in [6.45, 7) is 1.13. The van der Waals surface area contributed by atoms with Crippen molar-refractivity contribution in [2.45, 2.75) is 29.7 Å². The van der Waals surface area contributed by atoms with Crippen LogP contribution in [0.15, 0.2) is 42.6 Å². The van der Waals surface area contributed by atoms with Crippen molar-refractivity contribution in [1.29, 1.82) is 0 Å². The molecular formula is C20H20BrN3O3. The molecular weight excluding hydrogens is 410 g/mol. The Kier molecular flexibility index (Phi) is 4.53. The molecule has 3 unspecified atom stereocenters. The lowest BCUT2D eigenvalue weighted by Crippen LogP contribution is -2.25. The molecule has 0 bridgehead atoms. The van der Waals surface area contributed by atoms with Crippen LogP contribution in [0, 0.1) is 0 Å². The second-order valence-corrected chi connectivity index (χ2v) is 8.33. The highest BCUT2D eigenvalue weighted by atomic mass is 79.9. The molecule has 1 saturated carbocycles. The van der Waals surface area contributed by atoms with Crippen LogP contribution in [0.25, 0.3) is 10.9 Å². The minimum atomic E-state index is -1.33. The number of nitrogens with zero attached hydrogens (tertiary/aromatic N) is 1. The van der Waals surface area contributed by atoms with E-state index in [-0.39, 0.29) is 5.91 Å². The third-order valence-corrected chi connectivity index (χ3v) is 5.97. The van der Waals surface area contributed by atoms with Gasteiger partial charge in [0.05, 0.1) is 17.8 Å². The number of carbonyl (C=O) groups excluding carboxylic acids is 1. The van der Waals surface area contributed by atoms with Crippen LogP contribution in [0.3, 0.4) is 0 Å². The Morgan fingerprint density at radius 1 is 1.37 bits per heavy atom. The summed E-state index contributed by atoms with van der Waals surface area (Å²) >= 11 is 3.62. The number of benzene rings is 1. The lowest BCUT2D eigenvalue weighted by Gasteiger charge is -2.20. The van der Waals surface area contributed by atoms with Crippen molar-refractivity contribution in [3.8, 4) is 0 Å². The number of alkyl halides is 1. The van der Waals surface area contributed by atoms with E-state index in [4.69, 9.17) is 0 Å². The van der Waals surface area contributed by atoms with Crippen molar-refractivity contribution in [2.75, 3.05) is 11.9 Å². The first-order valence-corrected chi connectivity index (χ1v) is 9.68. The molecule has 1 fully saturated rings. The summed E-state index contributed by atoms with van der Waals surface area (Å²) in [6, 6.07) is 10.4. The molecule has 140 valence electrons. The summed E-state index contributed by atoms with van der Waals surface area (Å²) in [6.07, 6.45) is 2.91. The zero-order chi connectivity index (χ0) is 19.2. The molecule has 1 aliphatic carbocycles. The van der Waals surface area contributed by atoms with Gasteiger partial charge in [0.25, 0.3) is 5.91 Å². The van der Waals surface area contributed by atoms with Crippen LogP contribution in [-0.4, -0.2) is 37.5 Å². The first-order chi connectivity index (χ1) is 12.9. The van der Waals surface area contributed by atoms with Crippen LogP contribution in [0.5, 0.6) is 0 Å². The van der Waals surface area contributed by atoms with Crippen molar-refractivity contribution in [3.05, 3.63) is 59.4 Å². The summed E-state index contributed by atoms with van der Waals surface area (Å²) < 4.78 is 0.